The van der Waals surface area contributed by atoms with E-state index < -0.39 is 0 Å². The first kappa shape index (κ1) is 9.66. The lowest BCUT2D eigenvalue weighted by Gasteiger charge is -2.11. The number of aryl methyl sites for hydroxylation is 2. The Morgan fingerprint density at radius 1 is 1.47 bits per heavy atom. The number of aromatic nitrogens is 1. The number of anilines is 1. The predicted molar refractivity (Wildman–Crippen MR) is 63.9 cm³/mol. The van der Waals surface area contributed by atoms with Gasteiger partial charge in [-0.2, -0.15) is 12.6 Å². The molecule has 1 atom stereocenters. The van der Waals surface area contributed by atoms with E-state index in [1.165, 1.54) is 17.0 Å². The van der Waals surface area contributed by atoms with Gasteiger partial charge < -0.3 is 0 Å². The number of amides is 1. The van der Waals surface area contributed by atoms with Crippen LogP contribution in [0.4, 0.5) is 5.13 Å². The van der Waals surface area contributed by atoms with Gasteiger partial charge in [-0.25, -0.2) is 4.98 Å². The summed E-state index contributed by atoms with van der Waals surface area (Å²) in [6.07, 6.45) is 3.99. The van der Waals surface area contributed by atoms with Crippen LogP contribution in [-0.4, -0.2) is 22.7 Å². The fourth-order valence-corrected chi connectivity index (χ4v) is 3.66. The first-order valence-corrected chi connectivity index (χ1v) is 6.54. The summed E-state index contributed by atoms with van der Waals surface area (Å²) in [4.78, 5) is 19.4. The van der Waals surface area contributed by atoms with Crippen LogP contribution in [0.15, 0.2) is 0 Å². The summed E-state index contributed by atoms with van der Waals surface area (Å²) in [7, 11) is 0. The van der Waals surface area contributed by atoms with Crippen LogP contribution in [0.3, 0.4) is 0 Å². The summed E-state index contributed by atoms with van der Waals surface area (Å²) in [6, 6.07) is 0. The maximum atomic E-state index is 11.7. The molecule has 0 spiro atoms. The fraction of sp³-hybridized carbons (Fsp3) is 0.600. The number of thiol groups is 1. The predicted octanol–water partition coefficient (Wildman–Crippen LogP) is 1.67. The Hall–Kier alpha value is -0.550. The fourth-order valence-electron chi connectivity index (χ4n) is 2.17. The quantitative estimate of drug-likeness (QED) is 0.757. The van der Waals surface area contributed by atoms with Crippen LogP contribution in [-0.2, 0) is 17.6 Å². The lowest BCUT2D eigenvalue weighted by molar-refractivity contribution is -0.117. The molecule has 0 N–H and O–H groups in total. The average Bonchev–Trinajstić information content (AvgIpc) is 2.77. The summed E-state index contributed by atoms with van der Waals surface area (Å²) >= 11 is 6.03. The largest absolute Gasteiger partial charge is 0.287 e. The summed E-state index contributed by atoms with van der Waals surface area (Å²) < 4.78 is 0. The average molecular weight is 240 g/mol. The third-order valence-corrected chi connectivity index (χ3v) is 4.45. The van der Waals surface area contributed by atoms with Crippen molar-refractivity contribution in [3.8, 4) is 0 Å². The molecule has 5 heteroatoms. The minimum absolute atomic E-state index is 0.169. The topological polar surface area (TPSA) is 33.2 Å². The van der Waals surface area contributed by atoms with Crippen LogP contribution in [0.1, 0.15) is 23.4 Å². The molecule has 1 fully saturated rings. The van der Waals surface area contributed by atoms with Crippen molar-refractivity contribution >= 4 is 35.0 Å². The molecule has 0 bridgehead atoms. The molecule has 1 aliphatic heterocycles. The molecule has 1 aromatic rings. The zero-order valence-corrected chi connectivity index (χ0v) is 9.98. The zero-order valence-electron chi connectivity index (χ0n) is 8.27. The number of thiazole rings is 1. The molecular formula is C10H12N2OS2. The van der Waals surface area contributed by atoms with Gasteiger partial charge in [-0.1, -0.05) is 0 Å². The molecule has 3 rings (SSSR count). The van der Waals surface area contributed by atoms with Gasteiger partial charge in [0.25, 0.3) is 0 Å². The lowest BCUT2D eigenvalue weighted by atomic mass is 10.4. The lowest BCUT2D eigenvalue weighted by Crippen LogP contribution is -2.24. The molecule has 3 nitrogen and oxygen atoms in total. The van der Waals surface area contributed by atoms with E-state index in [1.807, 2.05) is 0 Å². The molecule has 15 heavy (non-hydrogen) atoms. The smallest absolute Gasteiger partial charge is 0.229 e. The number of nitrogens with zero attached hydrogens (tertiary/aromatic N) is 2. The van der Waals surface area contributed by atoms with Gasteiger partial charge >= 0.3 is 0 Å². The van der Waals surface area contributed by atoms with Crippen molar-refractivity contribution in [3.63, 3.8) is 0 Å². The first-order valence-electron chi connectivity index (χ1n) is 5.21. The van der Waals surface area contributed by atoms with Crippen molar-refractivity contribution < 1.29 is 4.79 Å². The molecule has 1 aromatic heterocycles. The third-order valence-electron chi connectivity index (χ3n) is 2.92. The molecule has 1 amide bonds. The second kappa shape index (κ2) is 3.49. The summed E-state index contributed by atoms with van der Waals surface area (Å²) in [5.41, 5.74) is 1.21. The number of carbonyl (C=O) groups excluding carboxylic acids is 1. The Morgan fingerprint density at radius 2 is 2.33 bits per heavy atom. The van der Waals surface area contributed by atoms with E-state index in [-0.39, 0.29) is 11.2 Å². The van der Waals surface area contributed by atoms with Gasteiger partial charge in [-0.15, -0.1) is 11.3 Å². The normalized spacial score (nSPS) is 25.0. The minimum atomic E-state index is 0.169. The van der Waals surface area contributed by atoms with Crippen molar-refractivity contribution in [1.82, 2.24) is 4.98 Å². The molecule has 0 radical (unpaired) electrons. The van der Waals surface area contributed by atoms with Crippen molar-refractivity contribution in [1.29, 1.82) is 0 Å². The standard InChI is InChI=1S/C10H12N2OS2/c13-9-4-6(14)5-12(9)10-11-7-2-1-3-8(7)15-10/h6,14H,1-5H2. The first-order chi connectivity index (χ1) is 7.24. The molecule has 0 aromatic carbocycles. The number of hydrogen-bond acceptors (Lipinski definition) is 4. The monoisotopic (exact) mass is 240 g/mol. The van der Waals surface area contributed by atoms with Crippen LogP contribution < -0.4 is 4.90 Å². The maximum Gasteiger partial charge on any atom is 0.229 e. The molecule has 1 aliphatic carbocycles. The highest BCUT2D eigenvalue weighted by Crippen LogP contribution is 2.34. The highest BCUT2D eigenvalue weighted by molar-refractivity contribution is 7.81. The van der Waals surface area contributed by atoms with Crippen LogP contribution in [0.2, 0.25) is 0 Å². The molecule has 2 heterocycles. The Morgan fingerprint density at radius 3 is 3.00 bits per heavy atom. The van der Waals surface area contributed by atoms with Crippen LogP contribution in [0, 0.1) is 0 Å². The van der Waals surface area contributed by atoms with E-state index in [2.05, 4.69) is 17.6 Å². The molecule has 2 aliphatic rings. The Labute approximate surface area is 97.9 Å². The summed E-state index contributed by atoms with van der Waals surface area (Å²) in [5, 5.41) is 1.07. The Bertz CT molecular complexity index is 394. The van der Waals surface area contributed by atoms with Gasteiger partial charge in [-0.05, 0) is 19.3 Å². The van der Waals surface area contributed by atoms with E-state index in [0.29, 0.717) is 13.0 Å². The summed E-state index contributed by atoms with van der Waals surface area (Å²) in [5.74, 6) is 0.169. The van der Waals surface area contributed by atoms with Crippen molar-refractivity contribution in [2.45, 2.75) is 30.9 Å². The molecule has 80 valence electrons. The second-order valence-electron chi connectivity index (χ2n) is 4.08. The van der Waals surface area contributed by atoms with Gasteiger partial charge in [0.1, 0.15) is 0 Å². The van der Waals surface area contributed by atoms with Crippen molar-refractivity contribution in [2.24, 2.45) is 0 Å². The van der Waals surface area contributed by atoms with Crippen LogP contribution >= 0.6 is 24.0 Å². The SMILES string of the molecule is O=C1CC(S)CN1c1nc2c(s1)CCC2. The van der Waals surface area contributed by atoms with Gasteiger partial charge in [0.05, 0.1) is 5.69 Å². The zero-order chi connectivity index (χ0) is 10.4. The Kier molecular flexibility index (Phi) is 2.25. The number of hydrogen-bond donors (Lipinski definition) is 1. The van der Waals surface area contributed by atoms with E-state index >= 15 is 0 Å². The Balaban J connectivity index is 1.90. The molecule has 1 unspecified atom stereocenters. The number of rotatable bonds is 1. The highest BCUT2D eigenvalue weighted by Gasteiger charge is 2.31. The van der Waals surface area contributed by atoms with Gasteiger partial charge in [-0.3, -0.25) is 9.69 Å². The van der Waals surface area contributed by atoms with E-state index in [0.717, 1.165) is 18.0 Å². The maximum absolute atomic E-state index is 11.7. The van der Waals surface area contributed by atoms with E-state index in [4.69, 9.17) is 0 Å². The number of carbonyl (C=O) groups is 1. The molecule has 0 saturated carbocycles. The summed E-state index contributed by atoms with van der Waals surface area (Å²) in [6.45, 7) is 0.717. The second-order valence-corrected chi connectivity index (χ2v) is 5.87. The van der Waals surface area contributed by atoms with Gasteiger partial charge in [0.2, 0.25) is 5.91 Å². The molecule has 1 saturated heterocycles. The van der Waals surface area contributed by atoms with Gasteiger partial charge in [0.15, 0.2) is 5.13 Å². The van der Waals surface area contributed by atoms with E-state index in [9.17, 15) is 4.79 Å². The van der Waals surface area contributed by atoms with E-state index in [1.54, 1.807) is 16.2 Å². The third kappa shape index (κ3) is 1.58. The minimum Gasteiger partial charge on any atom is -0.287 e. The van der Waals surface area contributed by atoms with Crippen molar-refractivity contribution in [3.05, 3.63) is 10.6 Å². The van der Waals surface area contributed by atoms with Crippen LogP contribution in [0.25, 0.3) is 0 Å². The van der Waals surface area contributed by atoms with Crippen LogP contribution in [0.5, 0.6) is 0 Å². The highest BCUT2D eigenvalue weighted by atomic mass is 32.1. The van der Waals surface area contributed by atoms with Crippen molar-refractivity contribution in [2.75, 3.05) is 11.4 Å². The van der Waals surface area contributed by atoms with Gasteiger partial charge in [0, 0.05) is 23.1 Å². The number of fused-ring (bicyclic) bond motifs is 1. The molecular weight excluding hydrogens is 228 g/mol.